The lowest BCUT2D eigenvalue weighted by atomic mass is 10.1. The van der Waals surface area contributed by atoms with Gasteiger partial charge in [0, 0.05) is 17.7 Å². The van der Waals surface area contributed by atoms with Gasteiger partial charge in [-0.1, -0.05) is 0 Å². The fourth-order valence-corrected chi connectivity index (χ4v) is 2.11. The van der Waals surface area contributed by atoms with E-state index in [0.717, 1.165) is 6.07 Å². The standard InChI is InChI=1S/C15H12O5/c1-19-10-4-2-8(3-5-10)15-14(18)13-11(17)6-9(16)7-12(13)20-15/h2-7,16-18H,1H3. The summed E-state index contributed by atoms with van der Waals surface area (Å²) in [4.78, 5) is 0. The number of aromatic hydroxyl groups is 3. The smallest absolute Gasteiger partial charge is 0.177 e. The van der Waals surface area contributed by atoms with Crippen LogP contribution in [0.3, 0.4) is 0 Å². The number of hydrogen-bond acceptors (Lipinski definition) is 5. The molecule has 20 heavy (non-hydrogen) atoms. The molecule has 0 radical (unpaired) electrons. The van der Waals surface area contributed by atoms with Crippen LogP contribution >= 0.6 is 0 Å². The largest absolute Gasteiger partial charge is 0.508 e. The van der Waals surface area contributed by atoms with Gasteiger partial charge in [0.1, 0.15) is 28.2 Å². The van der Waals surface area contributed by atoms with Crippen molar-refractivity contribution < 1.29 is 24.5 Å². The van der Waals surface area contributed by atoms with E-state index in [4.69, 9.17) is 9.15 Å². The van der Waals surface area contributed by atoms with Crippen molar-refractivity contribution in [2.45, 2.75) is 0 Å². The van der Waals surface area contributed by atoms with E-state index in [1.165, 1.54) is 6.07 Å². The van der Waals surface area contributed by atoms with Crippen molar-refractivity contribution in [2.24, 2.45) is 0 Å². The SMILES string of the molecule is COc1ccc(-c2oc3cc(O)cc(O)c3c2O)cc1. The predicted octanol–water partition coefficient (Wildman–Crippen LogP) is 3.23. The van der Waals surface area contributed by atoms with Gasteiger partial charge in [-0.3, -0.25) is 0 Å². The van der Waals surface area contributed by atoms with Crippen LogP contribution in [0.2, 0.25) is 0 Å². The maximum absolute atomic E-state index is 10.2. The summed E-state index contributed by atoms with van der Waals surface area (Å²) in [6.45, 7) is 0. The Bertz CT molecular complexity index is 771. The molecule has 1 heterocycles. The Hall–Kier alpha value is -2.82. The van der Waals surface area contributed by atoms with Crippen molar-refractivity contribution in [3.8, 4) is 34.3 Å². The molecular formula is C15H12O5. The molecule has 0 spiro atoms. The number of ether oxygens (including phenoxy) is 1. The first-order chi connectivity index (χ1) is 9.60. The van der Waals surface area contributed by atoms with Gasteiger partial charge in [0.05, 0.1) is 7.11 Å². The molecule has 5 nitrogen and oxygen atoms in total. The van der Waals surface area contributed by atoms with Crippen LogP contribution < -0.4 is 4.74 Å². The topological polar surface area (TPSA) is 83.1 Å². The molecule has 2 aromatic carbocycles. The maximum Gasteiger partial charge on any atom is 0.177 e. The number of furan rings is 1. The van der Waals surface area contributed by atoms with Crippen molar-refractivity contribution in [1.82, 2.24) is 0 Å². The molecule has 0 fully saturated rings. The molecular weight excluding hydrogens is 260 g/mol. The molecule has 5 heteroatoms. The molecule has 3 aromatic rings. The van der Waals surface area contributed by atoms with Gasteiger partial charge in [0.2, 0.25) is 0 Å². The van der Waals surface area contributed by atoms with Crippen LogP contribution in [0.1, 0.15) is 0 Å². The van der Waals surface area contributed by atoms with Crippen molar-refractivity contribution >= 4 is 11.0 Å². The molecule has 3 N–H and O–H groups in total. The summed E-state index contributed by atoms with van der Waals surface area (Å²) in [6, 6.07) is 9.41. The van der Waals surface area contributed by atoms with Crippen molar-refractivity contribution in [2.75, 3.05) is 7.11 Å². The molecule has 0 saturated carbocycles. The molecule has 0 bridgehead atoms. The van der Waals surface area contributed by atoms with Gasteiger partial charge in [-0.05, 0) is 24.3 Å². The zero-order valence-corrected chi connectivity index (χ0v) is 10.6. The van der Waals surface area contributed by atoms with E-state index >= 15 is 0 Å². The third-order valence-electron chi connectivity index (χ3n) is 3.08. The Morgan fingerprint density at radius 3 is 2.35 bits per heavy atom. The fraction of sp³-hybridized carbons (Fsp3) is 0.0667. The highest BCUT2D eigenvalue weighted by Crippen LogP contribution is 2.44. The number of rotatable bonds is 2. The number of fused-ring (bicyclic) bond motifs is 1. The van der Waals surface area contributed by atoms with Gasteiger partial charge in [-0.15, -0.1) is 0 Å². The number of benzene rings is 2. The van der Waals surface area contributed by atoms with Crippen LogP contribution in [0.15, 0.2) is 40.8 Å². The summed E-state index contributed by atoms with van der Waals surface area (Å²) in [6.07, 6.45) is 0. The van der Waals surface area contributed by atoms with Crippen molar-refractivity contribution in [3.05, 3.63) is 36.4 Å². The summed E-state index contributed by atoms with van der Waals surface area (Å²) in [5, 5.41) is 29.6. The first-order valence-corrected chi connectivity index (χ1v) is 5.92. The summed E-state index contributed by atoms with van der Waals surface area (Å²) < 4.78 is 10.6. The second-order valence-electron chi connectivity index (χ2n) is 4.35. The van der Waals surface area contributed by atoms with Gasteiger partial charge in [0.15, 0.2) is 11.5 Å². The van der Waals surface area contributed by atoms with Crippen LogP contribution in [0.5, 0.6) is 23.0 Å². The van der Waals surface area contributed by atoms with E-state index in [1.54, 1.807) is 31.4 Å². The van der Waals surface area contributed by atoms with Crippen LogP contribution in [-0.4, -0.2) is 22.4 Å². The second-order valence-corrected chi connectivity index (χ2v) is 4.35. The molecule has 0 saturated heterocycles. The minimum atomic E-state index is -0.235. The lowest BCUT2D eigenvalue weighted by molar-refractivity contribution is 0.415. The van der Waals surface area contributed by atoms with E-state index < -0.39 is 0 Å². The normalized spacial score (nSPS) is 10.8. The molecule has 0 amide bonds. The third kappa shape index (κ3) is 1.80. The molecule has 102 valence electrons. The van der Waals surface area contributed by atoms with E-state index in [-0.39, 0.29) is 34.0 Å². The highest BCUT2D eigenvalue weighted by molar-refractivity contribution is 5.96. The lowest BCUT2D eigenvalue weighted by Crippen LogP contribution is -1.81. The third-order valence-corrected chi connectivity index (χ3v) is 3.08. The zero-order valence-electron chi connectivity index (χ0n) is 10.6. The zero-order chi connectivity index (χ0) is 14.3. The summed E-state index contributed by atoms with van der Waals surface area (Å²) in [5.74, 6) is 0.377. The first-order valence-electron chi connectivity index (χ1n) is 5.92. The van der Waals surface area contributed by atoms with Crippen LogP contribution in [0.25, 0.3) is 22.3 Å². The molecule has 0 aliphatic heterocycles. The highest BCUT2D eigenvalue weighted by Gasteiger charge is 2.19. The van der Waals surface area contributed by atoms with Crippen LogP contribution in [0, 0.1) is 0 Å². The van der Waals surface area contributed by atoms with Gasteiger partial charge in [0.25, 0.3) is 0 Å². The second kappa shape index (κ2) is 4.38. The summed E-state index contributed by atoms with van der Waals surface area (Å²) in [7, 11) is 1.56. The predicted molar refractivity (Wildman–Crippen MR) is 73.2 cm³/mol. The van der Waals surface area contributed by atoms with E-state index in [2.05, 4.69) is 0 Å². The Morgan fingerprint density at radius 1 is 1.00 bits per heavy atom. The van der Waals surface area contributed by atoms with Crippen molar-refractivity contribution in [1.29, 1.82) is 0 Å². The number of methoxy groups -OCH3 is 1. The maximum atomic E-state index is 10.2. The average Bonchev–Trinajstić information content (AvgIpc) is 2.76. The summed E-state index contributed by atoms with van der Waals surface area (Å²) in [5.41, 5.74) is 0.851. The molecule has 0 aliphatic carbocycles. The van der Waals surface area contributed by atoms with Crippen LogP contribution in [-0.2, 0) is 0 Å². The van der Waals surface area contributed by atoms with E-state index in [1.807, 2.05) is 0 Å². The van der Waals surface area contributed by atoms with Gasteiger partial charge < -0.3 is 24.5 Å². The van der Waals surface area contributed by atoms with Crippen LogP contribution in [0.4, 0.5) is 0 Å². The first kappa shape index (κ1) is 12.2. The Morgan fingerprint density at radius 2 is 1.70 bits per heavy atom. The number of hydrogen-bond donors (Lipinski definition) is 3. The molecule has 0 atom stereocenters. The molecule has 0 aliphatic rings. The Kier molecular flexibility index (Phi) is 2.68. The average molecular weight is 272 g/mol. The van der Waals surface area contributed by atoms with E-state index in [9.17, 15) is 15.3 Å². The van der Waals surface area contributed by atoms with Crippen molar-refractivity contribution in [3.63, 3.8) is 0 Å². The minimum Gasteiger partial charge on any atom is -0.508 e. The molecule has 0 unspecified atom stereocenters. The molecule has 3 rings (SSSR count). The van der Waals surface area contributed by atoms with E-state index in [0.29, 0.717) is 11.3 Å². The number of phenolic OH excluding ortho intramolecular Hbond substituents is 2. The minimum absolute atomic E-state index is 0.134. The monoisotopic (exact) mass is 272 g/mol. The highest BCUT2D eigenvalue weighted by atomic mass is 16.5. The lowest BCUT2D eigenvalue weighted by Gasteiger charge is -2.01. The fourth-order valence-electron chi connectivity index (χ4n) is 2.11. The number of phenols is 2. The summed E-state index contributed by atoms with van der Waals surface area (Å²) >= 11 is 0. The van der Waals surface area contributed by atoms with Gasteiger partial charge in [-0.2, -0.15) is 0 Å². The van der Waals surface area contributed by atoms with Gasteiger partial charge >= 0.3 is 0 Å². The quantitative estimate of drug-likeness (QED) is 0.667. The Labute approximate surface area is 114 Å². The van der Waals surface area contributed by atoms with Gasteiger partial charge in [-0.25, -0.2) is 0 Å². The molecule has 1 aromatic heterocycles. The Balaban J connectivity index is 2.20.